The van der Waals surface area contributed by atoms with Crippen molar-refractivity contribution in [2.45, 2.75) is 39.3 Å². The van der Waals surface area contributed by atoms with Crippen molar-refractivity contribution in [1.29, 1.82) is 0 Å². The molecule has 2 aromatic rings. The van der Waals surface area contributed by atoms with Gasteiger partial charge >= 0.3 is 0 Å². The van der Waals surface area contributed by atoms with E-state index in [0.29, 0.717) is 13.1 Å². The minimum Gasteiger partial charge on any atom is -0.357 e. The van der Waals surface area contributed by atoms with Crippen LogP contribution in [0.5, 0.6) is 0 Å². The van der Waals surface area contributed by atoms with Gasteiger partial charge in [-0.3, -0.25) is 4.68 Å². The summed E-state index contributed by atoms with van der Waals surface area (Å²) in [6.07, 6.45) is 5.27. The van der Waals surface area contributed by atoms with Crippen molar-refractivity contribution in [1.82, 2.24) is 25.4 Å². The summed E-state index contributed by atoms with van der Waals surface area (Å²) in [6.45, 7) is 4.18. The molecule has 6 heteroatoms. The summed E-state index contributed by atoms with van der Waals surface area (Å²) in [7, 11) is 1.89. The molecule has 0 radical (unpaired) electrons. The van der Waals surface area contributed by atoms with Crippen LogP contribution in [-0.2, 0) is 33.0 Å². The quantitative estimate of drug-likeness (QED) is 0.649. The summed E-state index contributed by atoms with van der Waals surface area (Å²) in [5, 5.41) is 10.6. The number of hydrogen-bond acceptors (Lipinski definition) is 3. The van der Waals surface area contributed by atoms with Crippen molar-refractivity contribution in [2.24, 2.45) is 12.0 Å². The van der Waals surface area contributed by atoms with Crippen LogP contribution in [0.1, 0.15) is 35.9 Å². The Bertz CT molecular complexity index is 688. The lowest BCUT2D eigenvalue weighted by molar-refractivity contribution is 0.673. The molecule has 2 N–H and O–H groups in total. The SMILES string of the molecule is CCNC(=NCc1ccc2c(c1)CCC2)NCc1ncnn1C. The highest BCUT2D eigenvalue weighted by atomic mass is 15.3. The zero-order valence-electron chi connectivity index (χ0n) is 13.8. The number of hydrogen-bond donors (Lipinski definition) is 2. The summed E-state index contributed by atoms with van der Waals surface area (Å²) in [5.41, 5.74) is 4.27. The van der Waals surface area contributed by atoms with Crippen molar-refractivity contribution in [3.63, 3.8) is 0 Å². The standard InChI is InChI=1S/C17H24N6/c1-3-18-17(20-11-16-21-12-22-23(16)2)19-10-13-7-8-14-5-4-6-15(14)9-13/h7-9,12H,3-6,10-11H2,1-2H3,(H2,18,19,20). The maximum Gasteiger partial charge on any atom is 0.191 e. The number of nitrogens with zero attached hydrogens (tertiary/aromatic N) is 4. The van der Waals surface area contributed by atoms with Gasteiger partial charge in [-0.05, 0) is 42.9 Å². The Morgan fingerprint density at radius 3 is 2.91 bits per heavy atom. The Morgan fingerprint density at radius 1 is 1.26 bits per heavy atom. The van der Waals surface area contributed by atoms with Crippen LogP contribution in [0, 0.1) is 0 Å². The average molecular weight is 312 g/mol. The molecular weight excluding hydrogens is 288 g/mol. The molecule has 6 nitrogen and oxygen atoms in total. The summed E-state index contributed by atoms with van der Waals surface area (Å²) < 4.78 is 1.76. The van der Waals surface area contributed by atoms with Crippen molar-refractivity contribution < 1.29 is 0 Å². The fourth-order valence-electron chi connectivity index (χ4n) is 2.88. The number of aliphatic imine (C=N–C) groups is 1. The van der Waals surface area contributed by atoms with Gasteiger partial charge in [-0.2, -0.15) is 5.10 Å². The van der Waals surface area contributed by atoms with Crippen LogP contribution in [0.2, 0.25) is 0 Å². The first-order valence-corrected chi connectivity index (χ1v) is 8.22. The van der Waals surface area contributed by atoms with Crippen molar-refractivity contribution in [2.75, 3.05) is 6.54 Å². The molecule has 0 unspecified atom stereocenters. The Morgan fingerprint density at radius 2 is 2.13 bits per heavy atom. The number of fused-ring (bicyclic) bond motifs is 1. The van der Waals surface area contributed by atoms with Crippen molar-refractivity contribution in [3.8, 4) is 0 Å². The summed E-state index contributed by atoms with van der Waals surface area (Å²) >= 11 is 0. The minimum atomic E-state index is 0.604. The topological polar surface area (TPSA) is 67.1 Å². The highest BCUT2D eigenvalue weighted by molar-refractivity contribution is 5.79. The second kappa shape index (κ2) is 7.26. The molecule has 1 aromatic carbocycles. The van der Waals surface area contributed by atoms with E-state index in [1.165, 1.54) is 36.0 Å². The highest BCUT2D eigenvalue weighted by Gasteiger charge is 2.10. The second-order valence-electron chi connectivity index (χ2n) is 5.81. The van der Waals surface area contributed by atoms with Gasteiger partial charge in [0.05, 0.1) is 13.1 Å². The first kappa shape index (κ1) is 15.5. The normalized spacial score (nSPS) is 13.9. The monoisotopic (exact) mass is 312 g/mol. The number of aromatic nitrogens is 3. The Labute approximate surface area is 137 Å². The number of benzene rings is 1. The molecule has 0 saturated carbocycles. The van der Waals surface area contributed by atoms with Crippen molar-refractivity contribution in [3.05, 3.63) is 47.0 Å². The van der Waals surface area contributed by atoms with E-state index in [2.05, 4.69) is 50.8 Å². The van der Waals surface area contributed by atoms with Crippen LogP contribution in [-0.4, -0.2) is 27.3 Å². The maximum absolute atomic E-state index is 4.68. The third-order valence-corrected chi connectivity index (χ3v) is 4.15. The lowest BCUT2D eigenvalue weighted by Crippen LogP contribution is -2.37. The van der Waals surface area contributed by atoms with E-state index in [0.717, 1.165) is 18.3 Å². The van der Waals surface area contributed by atoms with Gasteiger partial charge in [-0.1, -0.05) is 18.2 Å². The third kappa shape index (κ3) is 3.88. The van der Waals surface area contributed by atoms with Gasteiger partial charge < -0.3 is 10.6 Å². The van der Waals surface area contributed by atoms with Gasteiger partial charge in [0.15, 0.2) is 5.96 Å². The molecular formula is C17H24N6. The first-order valence-electron chi connectivity index (χ1n) is 8.22. The molecule has 0 bridgehead atoms. The van der Waals surface area contributed by atoms with Crippen LogP contribution in [0.25, 0.3) is 0 Å². The number of nitrogens with one attached hydrogen (secondary N) is 2. The van der Waals surface area contributed by atoms with E-state index in [9.17, 15) is 0 Å². The van der Waals surface area contributed by atoms with Crippen molar-refractivity contribution >= 4 is 5.96 Å². The van der Waals surface area contributed by atoms with Gasteiger partial charge in [-0.15, -0.1) is 0 Å². The molecule has 23 heavy (non-hydrogen) atoms. The summed E-state index contributed by atoms with van der Waals surface area (Å²) in [4.78, 5) is 8.89. The highest BCUT2D eigenvalue weighted by Crippen LogP contribution is 2.23. The Hall–Kier alpha value is -2.37. The van der Waals surface area contributed by atoms with Crippen LogP contribution >= 0.6 is 0 Å². The Kier molecular flexibility index (Phi) is 4.90. The number of guanidine groups is 1. The fraction of sp³-hybridized carbons (Fsp3) is 0.471. The van der Waals surface area contributed by atoms with Gasteiger partial charge in [0.25, 0.3) is 0 Å². The first-order chi connectivity index (χ1) is 11.3. The van der Waals surface area contributed by atoms with Crippen LogP contribution in [0.4, 0.5) is 0 Å². The summed E-state index contributed by atoms with van der Waals surface area (Å²) in [6, 6.07) is 6.76. The lowest BCUT2D eigenvalue weighted by atomic mass is 10.1. The largest absolute Gasteiger partial charge is 0.357 e. The van der Waals surface area contributed by atoms with Gasteiger partial charge in [-0.25, -0.2) is 9.98 Å². The van der Waals surface area contributed by atoms with Crippen LogP contribution in [0.15, 0.2) is 29.5 Å². The molecule has 0 fully saturated rings. The van der Waals surface area contributed by atoms with Crippen LogP contribution < -0.4 is 10.6 Å². The molecule has 0 saturated heterocycles. The molecule has 1 aliphatic carbocycles. The van der Waals surface area contributed by atoms with Crippen LogP contribution in [0.3, 0.4) is 0 Å². The summed E-state index contributed by atoms with van der Waals surface area (Å²) in [5.74, 6) is 1.68. The molecule has 122 valence electrons. The predicted molar refractivity (Wildman–Crippen MR) is 91.1 cm³/mol. The van der Waals surface area contributed by atoms with E-state index >= 15 is 0 Å². The molecule has 1 aliphatic rings. The molecule has 0 atom stereocenters. The van der Waals surface area contributed by atoms with E-state index in [1.54, 1.807) is 11.0 Å². The molecule has 0 aliphatic heterocycles. The van der Waals surface area contributed by atoms with E-state index in [1.807, 2.05) is 7.05 Å². The number of aryl methyl sites for hydroxylation is 3. The van der Waals surface area contributed by atoms with Gasteiger partial charge in [0, 0.05) is 13.6 Å². The molecule has 3 rings (SSSR count). The molecule has 1 heterocycles. The zero-order chi connectivity index (χ0) is 16.1. The molecule has 0 amide bonds. The lowest BCUT2D eigenvalue weighted by Gasteiger charge is -2.11. The van der Waals surface area contributed by atoms with Gasteiger partial charge in [0.1, 0.15) is 12.2 Å². The molecule has 1 aromatic heterocycles. The van der Waals surface area contributed by atoms with E-state index in [4.69, 9.17) is 0 Å². The Balaban J connectivity index is 1.63. The zero-order valence-corrected chi connectivity index (χ0v) is 13.8. The van der Waals surface area contributed by atoms with Gasteiger partial charge in [0.2, 0.25) is 0 Å². The maximum atomic E-state index is 4.68. The average Bonchev–Trinajstić information content (AvgIpc) is 3.18. The smallest absolute Gasteiger partial charge is 0.191 e. The minimum absolute atomic E-state index is 0.604. The predicted octanol–water partition coefficient (Wildman–Crippen LogP) is 1.56. The van der Waals surface area contributed by atoms with E-state index in [-0.39, 0.29) is 0 Å². The fourth-order valence-corrected chi connectivity index (χ4v) is 2.88. The second-order valence-corrected chi connectivity index (χ2v) is 5.81. The molecule has 0 spiro atoms. The number of rotatable bonds is 5. The van der Waals surface area contributed by atoms with E-state index < -0.39 is 0 Å². The third-order valence-electron chi connectivity index (χ3n) is 4.15.